The van der Waals surface area contributed by atoms with Crippen LogP contribution in [0, 0.1) is 11.3 Å². The molecule has 1 rings (SSSR count). The molecule has 1 aromatic carbocycles. The lowest BCUT2D eigenvalue weighted by Gasteiger charge is -2.01. The fraction of sp³-hybridized carbons (Fsp3) is 0.300. The maximum absolute atomic E-state index is 11.6. The highest BCUT2D eigenvalue weighted by atomic mass is 32.2. The first kappa shape index (κ1) is 12.9. The van der Waals surface area contributed by atoms with E-state index in [1.165, 1.54) is 24.3 Å². The lowest BCUT2D eigenvalue weighted by molar-refractivity contribution is 0.601. The number of nitrogens with zero attached hydrogens (tertiary/aromatic N) is 1. The van der Waals surface area contributed by atoms with Gasteiger partial charge in [0.05, 0.1) is 21.8 Å². The lowest BCUT2D eigenvalue weighted by Crippen LogP contribution is -2.00. The summed E-state index contributed by atoms with van der Waals surface area (Å²) in [5, 5.41) is 8.35. The molecule has 0 saturated carbocycles. The van der Waals surface area contributed by atoms with Gasteiger partial charge in [0, 0.05) is 23.3 Å². The molecule has 1 atom stereocenters. The highest BCUT2D eigenvalue weighted by molar-refractivity contribution is 7.90. The molecule has 0 aliphatic carbocycles. The minimum atomic E-state index is -3.21. The Morgan fingerprint density at radius 2 is 1.88 bits per heavy atom. The summed E-state index contributed by atoms with van der Waals surface area (Å²) in [6.07, 6.45) is 1.34. The summed E-state index contributed by atoms with van der Waals surface area (Å²) in [6.45, 7) is 0. The Balaban J connectivity index is 2.88. The van der Waals surface area contributed by atoms with E-state index in [0.29, 0.717) is 4.90 Å². The van der Waals surface area contributed by atoms with E-state index in [1.807, 2.05) is 6.07 Å². The zero-order chi connectivity index (χ0) is 12.2. The first-order valence-electron chi connectivity index (χ1n) is 4.50. The van der Waals surface area contributed by atoms with E-state index >= 15 is 0 Å². The maximum atomic E-state index is 11.6. The summed E-state index contributed by atoms with van der Waals surface area (Å²) in [5.74, 6) is 0.273. The standard InChI is InChI=1S/C10H11NO3S2/c1-16(13,14)10-5-3-9(4-6-10)15(12)8-2-7-11/h3-6H,2,8H2,1H3. The third-order valence-corrected chi connectivity index (χ3v) is 4.42. The number of sulfone groups is 1. The van der Waals surface area contributed by atoms with Crippen LogP contribution in [0.15, 0.2) is 34.1 Å². The van der Waals surface area contributed by atoms with Gasteiger partial charge in [0.1, 0.15) is 0 Å². The highest BCUT2D eigenvalue weighted by Crippen LogP contribution is 2.13. The molecule has 16 heavy (non-hydrogen) atoms. The summed E-state index contributed by atoms with van der Waals surface area (Å²) in [7, 11) is -4.45. The van der Waals surface area contributed by atoms with Crippen molar-refractivity contribution in [1.82, 2.24) is 0 Å². The second-order valence-corrected chi connectivity index (χ2v) is 6.79. The maximum Gasteiger partial charge on any atom is 0.175 e. The number of nitriles is 1. The van der Waals surface area contributed by atoms with Crippen LogP contribution in [0.2, 0.25) is 0 Å². The largest absolute Gasteiger partial charge is 0.254 e. The third-order valence-electron chi connectivity index (χ3n) is 1.91. The van der Waals surface area contributed by atoms with Crippen LogP contribution in [-0.4, -0.2) is 24.6 Å². The molecule has 0 aliphatic rings. The summed E-state index contributed by atoms with van der Waals surface area (Å²) >= 11 is 0. The van der Waals surface area contributed by atoms with Crippen molar-refractivity contribution in [3.8, 4) is 6.07 Å². The summed E-state index contributed by atoms with van der Waals surface area (Å²) in [5.41, 5.74) is 0. The summed E-state index contributed by atoms with van der Waals surface area (Å²) in [4.78, 5) is 0.746. The Labute approximate surface area is 97.3 Å². The fourth-order valence-electron chi connectivity index (χ4n) is 1.09. The van der Waals surface area contributed by atoms with Crippen molar-refractivity contribution in [3.63, 3.8) is 0 Å². The molecule has 0 spiro atoms. The first-order valence-corrected chi connectivity index (χ1v) is 7.71. The Bertz CT molecular complexity index is 526. The van der Waals surface area contributed by atoms with Gasteiger partial charge in [0.25, 0.3) is 0 Å². The minimum Gasteiger partial charge on any atom is -0.254 e. The Morgan fingerprint density at radius 3 is 2.31 bits per heavy atom. The smallest absolute Gasteiger partial charge is 0.175 e. The van der Waals surface area contributed by atoms with E-state index < -0.39 is 20.6 Å². The predicted octanol–water partition coefficient (Wildman–Crippen LogP) is 1.11. The molecule has 0 N–H and O–H groups in total. The molecule has 0 heterocycles. The molecule has 1 unspecified atom stereocenters. The van der Waals surface area contributed by atoms with E-state index in [1.54, 1.807) is 0 Å². The second kappa shape index (κ2) is 5.23. The van der Waals surface area contributed by atoms with Crippen molar-refractivity contribution >= 4 is 20.6 Å². The Morgan fingerprint density at radius 1 is 1.31 bits per heavy atom. The zero-order valence-electron chi connectivity index (χ0n) is 8.71. The molecular weight excluding hydrogens is 246 g/mol. The van der Waals surface area contributed by atoms with Gasteiger partial charge in [-0.15, -0.1) is 0 Å². The number of rotatable bonds is 4. The van der Waals surface area contributed by atoms with E-state index in [-0.39, 0.29) is 17.1 Å². The van der Waals surface area contributed by atoms with Gasteiger partial charge in [-0.3, -0.25) is 4.21 Å². The molecule has 0 fully saturated rings. The van der Waals surface area contributed by atoms with Gasteiger partial charge in [-0.1, -0.05) is 0 Å². The molecule has 0 amide bonds. The third kappa shape index (κ3) is 3.43. The van der Waals surface area contributed by atoms with Crippen molar-refractivity contribution in [2.45, 2.75) is 16.2 Å². The van der Waals surface area contributed by atoms with Crippen LogP contribution in [0.4, 0.5) is 0 Å². The quantitative estimate of drug-likeness (QED) is 0.809. The molecule has 0 aromatic heterocycles. The molecule has 4 nitrogen and oxygen atoms in total. The molecule has 0 radical (unpaired) electrons. The van der Waals surface area contributed by atoms with Gasteiger partial charge in [0.15, 0.2) is 9.84 Å². The molecule has 0 aliphatic heterocycles. The van der Waals surface area contributed by atoms with Crippen molar-refractivity contribution < 1.29 is 12.6 Å². The fourth-order valence-corrected chi connectivity index (χ4v) is 2.68. The van der Waals surface area contributed by atoms with E-state index in [9.17, 15) is 12.6 Å². The van der Waals surface area contributed by atoms with Crippen molar-refractivity contribution in [2.24, 2.45) is 0 Å². The van der Waals surface area contributed by atoms with Crippen LogP contribution in [0.5, 0.6) is 0 Å². The number of hydrogen-bond acceptors (Lipinski definition) is 4. The van der Waals surface area contributed by atoms with Crippen molar-refractivity contribution in [1.29, 1.82) is 5.26 Å². The van der Waals surface area contributed by atoms with Crippen LogP contribution in [0.25, 0.3) is 0 Å². The van der Waals surface area contributed by atoms with E-state index in [0.717, 1.165) is 6.26 Å². The number of hydrogen-bond donors (Lipinski definition) is 0. The molecule has 0 bridgehead atoms. The van der Waals surface area contributed by atoms with Crippen LogP contribution >= 0.6 is 0 Å². The lowest BCUT2D eigenvalue weighted by atomic mass is 10.4. The van der Waals surface area contributed by atoms with Gasteiger partial charge < -0.3 is 0 Å². The molecular formula is C10H11NO3S2. The van der Waals surface area contributed by atoms with Gasteiger partial charge >= 0.3 is 0 Å². The SMILES string of the molecule is CS(=O)(=O)c1ccc(S(=O)CCC#N)cc1. The van der Waals surface area contributed by atoms with Crippen LogP contribution in [0.3, 0.4) is 0 Å². The highest BCUT2D eigenvalue weighted by Gasteiger charge is 2.08. The topological polar surface area (TPSA) is 75.0 Å². The van der Waals surface area contributed by atoms with Crippen LogP contribution in [-0.2, 0) is 20.6 Å². The second-order valence-electron chi connectivity index (χ2n) is 3.20. The summed E-state index contributed by atoms with van der Waals surface area (Å²) < 4.78 is 33.9. The number of benzene rings is 1. The van der Waals surface area contributed by atoms with Crippen molar-refractivity contribution in [3.05, 3.63) is 24.3 Å². The minimum absolute atomic E-state index is 0.202. The molecule has 1 aromatic rings. The predicted molar refractivity (Wildman–Crippen MR) is 61.1 cm³/mol. The van der Waals surface area contributed by atoms with Crippen LogP contribution in [0.1, 0.15) is 6.42 Å². The van der Waals surface area contributed by atoms with Gasteiger partial charge in [-0.2, -0.15) is 5.26 Å². The van der Waals surface area contributed by atoms with E-state index in [2.05, 4.69) is 0 Å². The Hall–Kier alpha value is -1.19. The van der Waals surface area contributed by atoms with Crippen LogP contribution < -0.4 is 0 Å². The van der Waals surface area contributed by atoms with Crippen molar-refractivity contribution in [2.75, 3.05) is 12.0 Å². The zero-order valence-corrected chi connectivity index (χ0v) is 10.3. The first-order chi connectivity index (χ1) is 7.45. The normalized spacial score (nSPS) is 13.0. The Kier molecular flexibility index (Phi) is 4.21. The molecule has 86 valence electrons. The van der Waals surface area contributed by atoms with E-state index in [4.69, 9.17) is 5.26 Å². The van der Waals surface area contributed by atoms with Gasteiger partial charge in [-0.05, 0) is 24.3 Å². The molecule has 0 saturated heterocycles. The summed E-state index contributed by atoms with van der Waals surface area (Å²) in [6, 6.07) is 7.80. The van der Waals surface area contributed by atoms with Gasteiger partial charge in [-0.25, -0.2) is 8.42 Å². The average molecular weight is 257 g/mol. The monoisotopic (exact) mass is 257 g/mol. The van der Waals surface area contributed by atoms with Gasteiger partial charge in [0.2, 0.25) is 0 Å². The molecule has 6 heteroatoms. The average Bonchev–Trinajstić information content (AvgIpc) is 2.25.